The topological polar surface area (TPSA) is 66.8 Å². The highest BCUT2D eigenvalue weighted by Gasteiger charge is 2.11. The largest absolute Gasteiger partial charge is 0.508 e. The van der Waals surface area contributed by atoms with Crippen molar-refractivity contribution in [2.24, 2.45) is 0 Å². The van der Waals surface area contributed by atoms with Gasteiger partial charge in [0.05, 0.1) is 0 Å². The van der Waals surface area contributed by atoms with Crippen LogP contribution in [0.3, 0.4) is 0 Å². The second-order valence-corrected chi connectivity index (χ2v) is 6.44. The van der Waals surface area contributed by atoms with Gasteiger partial charge < -0.3 is 14.9 Å². The number of benzene rings is 2. The third kappa shape index (κ3) is 5.49. The molecule has 0 amide bonds. The van der Waals surface area contributed by atoms with E-state index >= 15 is 0 Å². The molecule has 0 heterocycles. The summed E-state index contributed by atoms with van der Waals surface area (Å²) in [7, 11) is 0. The van der Waals surface area contributed by atoms with E-state index in [-0.39, 0.29) is 29.5 Å². The molecule has 4 nitrogen and oxygen atoms in total. The van der Waals surface area contributed by atoms with Gasteiger partial charge in [0.25, 0.3) is 0 Å². The number of aryl methyl sites for hydroxylation is 2. The van der Waals surface area contributed by atoms with Crippen molar-refractivity contribution >= 4 is 23.0 Å². The number of halogens is 1. The molecule has 25 heavy (non-hydrogen) atoms. The molecule has 0 saturated carbocycles. The van der Waals surface area contributed by atoms with Crippen LogP contribution in [0.5, 0.6) is 11.5 Å². The number of carboxylic acid groups (broad SMARTS) is 1. The van der Waals surface area contributed by atoms with Gasteiger partial charge in [-0.15, -0.1) is 17.0 Å². The Balaban J connectivity index is 0.00000312. The number of hydrogen-bond acceptors (Lipinski definition) is 3. The van der Waals surface area contributed by atoms with Crippen molar-refractivity contribution in [2.45, 2.75) is 40.0 Å². The van der Waals surface area contributed by atoms with Crippen molar-refractivity contribution in [3.05, 3.63) is 58.1 Å². The predicted molar refractivity (Wildman–Crippen MR) is 104 cm³/mol. The molecule has 0 aliphatic rings. The first kappa shape index (κ1) is 21.0. The van der Waals surface area contributed by atoms with E-state index in [1.165, 1.54) is 5.56 Å². The van der Waals surface area contributed by atoms with E-state index < -0.39 is 5.97 Å². The molecule has 0 unspecified atom stereocenters. The summed E-state index contributed by atoms with van der Waals surface area (Å²) in [4.78, 5) is 10.6. The average molecular weight is 409 g/mol. The lowest BCUT2D eigenvalue weighted by atomic mass is 9.93. The monoisotopic (exact) mass is 408 g/mol. The van der Waals surface area contributed by atoms with Gasteiger partial charge in [0.15, 0.2) is 6.61 Å². The lowest BCUT2D eigenvalue weighted by Crippen LogP contribution is -2.10. The summed E-state index contributed by atoms with van der Waals surface area (Å²) in [5, 5.41) is 18.7. The van der Waals surface area contributed by atoms with Crippen LogP contribution in [0.1, 0.15) is 47.6 Å². The van der Waals surface area contributed by atoms with Crippen LogP contribution in [0.25, 0.3) is 0 Å². The highest BCUT2D eigenvalue weighted by Crippen LogP contribution is 2.29. The van der Waals surface area contributed by atoms with E-state index in [2.05, 4.69) is 13.8 Å². The van der Waals surface area contributed by atoms with Crippen molar-refractivity contribution in [2.75, 3.05) is 6.61 Å². The number of phenolic OH excluding ortho intramolecular Hbond substituents is 1. The Hall–Kier alpha value is -2.01. The van der Waals surface area contributed by atoms with Gasteiger partial charge in [0.2, 0.25) is 0 Å². The second kappa shape index (κ2) is 8.90. The third-order valence-corrected chi connectivity index (χ3v) is 4.13. The molecular formula is C20H25BrO4. The molecule has 0 radical (unpaired) electrons. The fraction of sp³-hybridized carbons (Fsp3) is 0.350. The minimum atomic E-state index is -0.986. The summed E-state index contributed by atoms with van der Waals surface area (Å²) < 4.78 is 5.27. The van der Waals surface area contributed by atoms with Gasteiger partial charge in [-0.05, 0) is 72.2 Å². The van der Waals surface area contributed by atoms with E-state index in [1.807, 2.05) is 38.1 Å². The van der Waals surface area contributed by atoms with Gasteiger partial charge in [-0.25, -0.2) is 4.79 Å². The van der Waals surface area contributed by atoms with Crippen molar-refractivity contribution < 1.29 is 19.7 Å². The minimum Gasteiger partial charge on any atom is -0.508 e. The lowest BCUT2D eigenvalue weighted by Gasteiger charge is -2.15. The number of carboxylic acids is 1. The van der Waals surface area contributed by atoms with Crippen molar-refractivity contribution in [1.82, 2.24) is 0 Å². The molecule has 2 N–H and O–H groups in total. The molecule has 0 bridgehead atoms. The summed E-state index contributed by atoms with van der Waals surface area (Å²) in [6.45, 7) is 7.78. The molecule has 2 rings (SSSR count). The summed E-state index contributed by atoms with van der Waals surface area (Å²) in [5.41, 5.74) is 5.41. The van der Waals surface area contributed by atoms with Gasteiger partial charge >= 0.3 is 5.97 Å². The fourth-order valence-electron chi connectivity index (χ4n) is 2.84. The van der Waals surface area contributed by atoms with Gasteiger partial charge in [-0.3, -0.25) is 0 Å². The molecule has 2 aromatic carbocycles. The van der Waals surface area contributed by atoms with Gasteiger partial charge in [-0.1, -0.05) is 26.0 Å². The number of carbonyl (C=O) groups is 1. The Morgan fingerprint density at radius 3 is 2.24 bits per heavy atom. The fourth-order valence-corrected chi connectivity index (χ4v) is 2.84. The molecule has 0 aliphatic heterocycles. The van der Waals surface area contributed by atoms with Crippen LogP contribution in [0, 0.1) is 13.8 Å². The van der Waals surface area contributed by atoms with Crippen molar-refractivity contribution in [3.63, 3.8) is 0 Å². The summed E-state index contributed by atoms with van der Waals surface area (Å²) in [5.74, 6) is 0.183. The normalized spacial score (nSPS) is 10.4. The Morgan fingerprint density at radius 1 is 1.12 bits per heavy atom. The SMILES string of the molecule is Br.Cc1cc(OCC(=O)O)cc(C)c1Cc1ccc(O)c(C(C)C)c1. The highest BCUT2D eigenvalue weighted by molar-refractivity contribution is 8.93. The number of rotatable bonds is 6. The van der Waals surface area contributed by atoms with Crippen molar-refractivity contribution in [1.29, 1.82) is 0 Å². The quantitative estimate of drug-likeness (QED) is 0.722. The number of hydrogen-bond donors (Lipinski definition) is 2. The Kier molecular flexibility index (Phi) is 7.49. The van der Waals surface area contributed by atoms with Crippen LogP contribution in [-0.4, -0.2) is 22.8 Å². The summed E-state index contributed by atoms with van der Waals surface area (Å²) in [6.07, 6.45) is 0.761. The molecular weight excluding hydrogens is 384 g/mol. The van der Waals surface area contributed by atoms with Gasteiger partial charge in [-0.2, -0.15) is 0 Å². The first-order chi connectivity index (χ1) is 11.3. The van der Waals surface area contributed by atoms with E-state index in [0.717, 1.165) is 28.7 Å². The van der Waals surface area contributed by atoms with Gasteiger partial charge in [0, 0.05) is 0 Å². The van der Waals surface area contributed by atoms with Crippen LogP contribution < -0.4 is 4.74 Å². The van der Waals surface area contributed by atoms with Crippen LogP contribution in [0.2, 0.25) is 0 Å². The second-order valence-electron chi connectivity index (χ2n) is 6.44. The van der Waals surface area contributed by atoms with E-state index in [1.54, 1.807) is 6.07 Å². The Bertz CT molecular complexity index is 730. The third-order valence-electron chi connectivity index (χ3n) is 4.13. The molecule has 2 aromatic rings. The maximum absolute atomic E-state index is 10.6. The van der Waals surface area contributed by atoms with E-state index in [0.29, 0.717) is 11.5 Å². The first-order valence-electron chi connectivity index (χ1n) is 8.04. The van der Waals surface area contributed by atoms with Crippen LogP contribution in [-0.2, 0) is 11.2 Å². The van der Waals surface area contributed by atoms with Gasteiger partial charge in [0.1, 0.15) is 11.5 Å². The maximum atomic E-state index is 10.6. The summed E-state index contributed by atoms with van der Waals surface area (Å²) in [6, 6.07) is 9.48. The number of aromatic hydroxyl groups is 1. The minimum absolute atomic E-state index is 0. The molecule has 0 atom stereocenters. The zero-order valence-electron chi connectivity index (χ0n) is 15.0. The Labute approximate surface area is 159 Å². The zero-order chi connectivity index (χ0) is 17.9. The maximum Gasteiger partial charge on any atom is 0.341 e. The zero-order valence-corrected chi connectivity index (χ0v) is 16.7. The van der Waals surface area contributed by atoms with E-state index in [9.17, 15) is 9.90 Å². The molecule has 0 spiro atoms. The number of phenols is 1. The highest BCUT2D eigenvalue weighted by atomic mass is 79.9. The van der Waals surface area contributed by atoms with Crippen LogP contribution >= 0.6 is 17.0 Å². The first-order valence-corrected chi connectivity index (χ1v) is 8.04. The standard InChI is InChI=1S/C20H24O4.BrH/c1-12(2)17-9-15(5-6-19(17)21)10-18-13(3)7-16(8-14(18)4)24-11-20(22)23;/h5-9,12,21H,10-11H2,1-4H3,(H,22,23);1H. The van der Waals surface area contributed by atoms with Crippen molar-refractivity contribution in [3.8, 4) is 11.5 Å². The number of ether oxygens (including phenoxy) is 1. The molecule has 0 fully saturated rings. The predicted octanol–water partition coefficient (Wildman–Crippen LogP) is 4.76. The molecule has 136 valence electrons. The molecule has 5 heteroatoms. The summed E-state index contributed by atoms with van der Waals surface area (Å²) >= 11 is 0. The average Bonchev–Trinajstić information content (AvgIpc) is 2.50. The molecule has 0 aromatic heterocycles. The van der Waals surface area contributed by atoms with Crippen LogP contribution in [0.15, 0.2) is 30.3 Å². The lowest BCUT2D eigenvalue weighted by molar-refractivity contribution is -0.139. The van der Waals surface area contributed by atoms with Crippen LogP contribution in [0.4, 0.5) is 0 Å². The molecule has 0 saturated heterocycles. The smallest absolute Gasteiger partial charge is 0.341 e. The Morgan fingerprint density at radius 2 is 1.72 bits per heavy atom. The molecule has 0 aliphatic carbocycles. The number of aliphatic carboxylic acids is 1. The van der Waals surface area contributed by atoms with E-state index in [4.69, 9.17) is 9.84 Å².